The zero-order valence-electron chi connectivity index (χ0n) is 9.51. The fraction of sp³-hybridized carbons (Fsp3) is 0.833. The van der Waals surface area contributed by atoms with Crippen molar-refractivity contribution in [2.75, 3.05) is 6.61 Å². The van der Waals surface area contributed by atoms with Crippen molar-refractivity contribution in [3.63, 3.8) is 0 Å². The third-order valence-corrected chi connectivity index (χ3v) is 2.59. The summed E-state index contributed by atoms with van der Waals surface area (Å²) in [4.78, 5) is 0. The molecule has 1 atom stereocenters. The average molecular weight is 184 g/mol. The summed E-state index contributed by atoms with van der Waals surface area (Å²) in [6, 6.07) is 0. The quantitative estimate of drug-likeness (QED) is 0.627. The zero-order chi connectivity index (χ0) is 10.3. The monoisotopic (exact) mass is 184 g/mol. The Morgan fingerprint density at radius 2 is 1.92 bits per heavy atom. The second-order valence-electron chi connectivity index (χ2n) is 4.20. The van der Waals surface area contributed by atoms with Crippen molar-refractivity contribution in [1.29, 1.82) is 0 Å². The van der Waals surface area contributed by atoms with Gasteiger partial charge in [-0.15, -0.1) is 0 Å². The SMILES string of the molecule is CC=C(CCCC(C)CO)C(C)C. The molecule has 0 radical (unpaired) electrons. The molecule has 0 fully saturated rings. The van der Waals surface area contributed by atoms with Crippen molar-refractivity contribution in [1.82, 2.24) is 0 Å². The van der Waals surface area contributed by atoms with Crippen molar-refractivity contribution >= 4 is 0 Å². The van der Waals surface area contributed by atoms with E-state index in [-0.39, 0.29) is 0 Å². The van der Waals surface area contributed by atoms with Crippen LogP contribution in [0.2, 0.25) is 0 Å². The van der Waals surface area contributed by atoms with Gasteiger partial charge in [-0.1, -0.05) is 32.4 Å². The van der Waals surface area contributed by atoms with Crippen LogP contribution in [0.4, 0.5) is 0 Å². The lowest BCUT2D eigenvalue weighted by atomic mass is 9.95. The molecule has 0 amide bonds. The van der Waals surface area contributed by atoms with E-state index in [1.165, 1.54) is 12.8 Å². The molecule has 0 aromatic rings. The van der Waals surface area contributed by atoms with Gasteiger partial charge in [-0.2, -0.15) is 0 Å². The molecule has 0 saturated heterocycles. The van der Waals surface area contributed by atoms with Crippen LogP contribution in [0.25, 0.3) is 0 Å². The van der Waals surface area contributed by atoms with Gasteiger partial charge in [0, 0.05) is 6.61 Å². The van der Waals surface area contributed by atoms with Crippen LogP contribution in [0.3, 0.4) is 0 Å². The summed E-state index contributed by atoms with van der Waals surface area (Å²) in [5.74, 6) is 1.14. The maximum atomic E-state index is 8.85. The number of hydrogen-bond acceptors (Lipinski definition) is 1. The largest absolute Gasteiger partial charge is 0.396 e. The molecule has 0 aliphatic rings. The van der Waals surface area contributed by atoms with Crippen molar-refractivity contribution in [2.24, 2.45) is 11.8 Å². The van der Waals surface area contributed by atoms with E-state index in [2.05, 4.69) is 33.8 Å². The fourth-order valence-electron chi connectivity index (χ4n) is 1.51. The second-order valence-corrected chi connectivity index (χ2v) is 4.20. The molecule has 0 aromatic carbocycles. The van der Waals surface area contributed by atoms with E-state index >= 15 is 0 Å². The molecule has 0 rings (SSSR count). The normalized spacial score (nSPS) is 15.1. The maximum absolute atomic E-state index is 8.85. The molecule has 1 N–H and O–H groups in total. The first-order chi connectivity index (χ1) is 6.11. The van der Waals surface area contributed by atoms with Gasteiger partial charge in [0.25, 0.3) is 0 Å². The Morgan fingerprint density at radius 3 is 2.31 bits per heavy atom. The van der Waals surface area contributed by atoms with Crippen LogP contribution in [0.5, 0.6) is 0 Å². The lowest BCUT2D eigenvalue weighted by Gasteiger charge is -2.12. The first-order valence-corrected chi connectivity index (χ1v) is 5.37. The number of aliphatic hydroxyl groups excluding tert-OH is 1. The average Bonchev–Trinajstić information content (AvgIpc) is 2.11. The molecular weight excluding hydrogens is 160 g/mol. The molecule has 0 aliphatic heterocycles. The van der Waals surface area contributed by atoms with Crippen LogP contribution in [-0.2, 0) is 0 Å². The zero-order valence-corrected chi connectivity index (χ0v) is 9.51. The highest BCUT2D eigenvalue weighted by molar-refractivity contribution is 5.02. The summed E-state index contributed by atoms with van der Waals surface area (Å²) in [5.41, 5.74) is 1.55. The fourth-order valence-corrected chi connectivity index (χ4v) is 1.51. The third-order valence-electron chi connectivity index (χ3n) is 2.59. The van der Waals surface area contributed by atoms with Crippen LogP contribution in [0.15, 0.2) is 11.6 Å². The molecule has 78 valence electrons. The van der Waals surface area contributed by atoms with Crippen molar-refractivity contribution in [3.05, 3.63) is 11.6 Å². The highest BCUT2D eigenvalue weighted by Gasteiger charge is 2.04. The lowest BCUT2D eigenvalue weighted by molar-refractivity contribution is 0.228. The molecule has 1 heteroatoms. The topological polar surface area (TPSA) is 20.2 Å². The smallest absolute Gasteiger partial charge is 0.0456 e. The number of allylic oxidation sites excluding steroid dienone is 2. The van der Waals surface area contributed by atoms with Crippen molar-refractivity contribution < 1.29 is 5.11 Å². The Bertz CT molecular complexity index is 147. The Kier molecular flexibility index (Phi) is 6.97. The Morgan fingerprint density at radius 1 is 1.31 bits per heavy atom. The second kappa shape index (κ2) is 7.14. The van der Waals surface area contributed by atoms with Gasteiger partial charge in [0.15, 0.2) is 0 Å². The molecule has 13 heavy (non-hydrogen) atoms. The van der Waals surface area contributed by atoms with Gasteiger partial charge in [-0.05, 0) is 38.0 Å². The molecule has 1 nitrogen and oxygen atoms in total. The van der Waals surface area contributed by atoms with Crippen LogP contribution in [-0.4, -0.2) is 11.7 Å². The van der Waals surface area contributed by atoms with Gasteiger partial charge in [0.1, 0.15) is 0 Å². The van der Waals surface area contributed by atoms with Gasteiger partial charge in [-0.25, -0.2) is 0 Å². The summed E-state index contributed by atoms with van der Waals surface area (Å²) < 4.78 is 0. The Labute approximate surface area is 82.9 Å². The summed E-state index contributed by atoms with van der Waals surface area (Å²) in [6.07, 6.45) is 5.77. The minimum atomic E-state index is 0.326. The van der Waals surface area contributed by atoms with E-state index in [0.29, 0.717) is 18.4 Å². The molecule has 0 aliphatic carbocycles. The van der Waals surface area contributed by atoms with E-state index in [1.807, 2.05) is 0 Å². The maximum Gasteiger partial charge on any atom is 0.0456 e. The first kappa shape index (κ1) is 12.7. The van der Waals surface area contributed by atoms with Crippen LogP contribution in [0, 0.1) is 11.8 Å². The molecule has 0 aromatic heterocycles. The number of hydrogen-bond donors (Lipinski definition) is 1. The summed E-state index contributed by atoms with van der Waals surface area (Å²) in [7, 11) is 0. The standard InChI is InChI=1S/C12H24O/c1-5-12(10(2)3)8-6-7-11(4)9-13/h5,10-11,13H,6-9H2,1-4H3. The van der Waals surface area contributed by atoms with Crippen LogP contribution >= 0.6 is 0 Å². The molecular formula is C12H24O. The summed E-state index contributed by atoms with van der Waals surface area (Å²) in [5, 5.41) is 8.85. The van der Waals surface area contributed by atoms with E-state index < -0.39 is 0 Å². The van der Waals surface area contributed by atoms with Gasteiger partial charge >= 0.3 is 0 Å². The molecule has 0 heterocycles. The molecule has 0 spiro atoms. The number of rotatable bonds is 6. The minimum Gasteiger partial charge on any atom is -0.396 e. The highest BCUT2D eigenvalue weighted by Crippen LogP contribution is 2.18. The van der Waals surface area contributed by atoms with E-state index in [0.717, 1.165) is 6.42 Å². The number of aliphatic hydroxyl groups is 1. The summed E-state index contributed by atoms with van der Waals surface area (Å²) >= 11 is 0. The molecule has 0 bridgehead atoms. The molecule has 1 unspecified atom stereocenters. The van der Waals surface area contributed by atoms with Crippen LogP contribution < -0.4 is 0 Å². The van der Waals surface area contributed by atoms with Crippen LogP contribution in [0.1, 0.15) is 47.0 Å². The van der Waals surface area contributed by atoms with Gasteiger partial charge in [0.2, 0.25) is 0 Å². The van der Waals surface area contributed by atoms with Crippen molar-refractivity contribution in [3.8, 4) is 0 Å². The van der Waals surface area contributed by atoms with Gasteiger partial charge < -0.3 is 5.11 Å². The Hall–Kier alpha value is -0.300. The van der Waals surface area contributed by atoms with Gasteiger partial charge in [-0.3, -0.25) is 0 Å². The highest BCUT2D eigenvalue weighted by atomic mass is 16.3. The van der Waals surface area contributed by atoms with E-state index in [4.69, 9.17) is 5.11 Å². The summed E-state index contributed by atoms with van der Waals surface area (Å²) in [6.45, 7) is 9.03. The Balaban J connectivity index is 3.63. The predicted molar refractivity (Wildman–Crippen MR) is 58.7 cm³/mol. The van der Waals surface area contributed by atoms with E-state index in [9.17, 15) is 0 Å². The lowest BCUT2D eigenvalue weighted by Crippen LogP contribution is -2.01. The first-order valence-electron chi connectivity index (χ1n) is 5.37. The van der Waals surface area contributed by atoms with Crippen molar-refractivity contribution in [2.45, 2.75) is 47.0 Å². The molecule has 0 saturated carbocycles. The van der Waals surface area contributed by atoms with Gasteiger partial charge in [0.05, 0.1) is 0 Å². The third kappa shape index (κ3) is 5.87. The van der Waals surface area contributed by atoms with E-state index in [1.54, 1.807) is 5.57 Å². The predicted octanol–water partition coefficient (Wildman–Crippen LogP) is 3.39. The minimum absolute atomic E-state index is 0.326.